The maximum Gasteiger partial charge on any atom is 0.234 e. The summed E-state index contributed by atoms with van der Waals surface area (Å²) in [5.41, 5.74) is 4.94. The van der Waals surface area contributed by atoms with Gasteiger partial charge in [-0.2, -0.15) is 0 Å². The van der Waals surface area contributed by atoms with Gasteiger partial charge in [0.15, 0.2) is 31.5 Å². The molecule has 5 aliphatic rings. The van der Waals surface area contributed by atoms with Crippen LogP contribution in [0.3, 0.4) is 0 Å². The van der Waals surface area contributed by atoms with Gasteiger partial charge in [0.1, 0.15) is 121 Å². The zero-order chi connectivity index (χ0) is 74.2. The van der Waals surface area contributed by atoms with Crippen molar-refractivity contribution in [3.63, 3.8) is 0 Å². The number of nitrogens with one attached hydrogen (secondary N) is 5. The van der Waals surface area contributed by atoms with Gasteiger partial charge in [-0.25, -0.2) is 0 Å². The number of carbonyl (C=O) groups is 7. The summed E-state index contributed by atoms with van der Waals surface area (Å²) < 4.78 is 54.7. The maximum absolute atomic E-state index is 13.2. The van der Waals surface area contributed by atoms with Crippen LogP contribution in [0.25, 0.3) is 0 Å². The molecule has 0 unspecified atom stereocenters. The monoisotopic (exact) mass is 1460 g/mol. The van der Waals surface area contributed by atoms with Gasteiger partial charge in [-0.05, 0) is 54.0 Å². The van der Waals surface area contributed by atoms with Crippen molar-refractivity contribution in [1.82, 2.24) is 31.5 Å². The summed E-state index contributed by atoms with van der Waals surface area (Å²) in [5.74, 6) is -2.39. The van der Waals surface area contributed by atoms with Crippen LogP contribution in [0.2, 0.25) is 0 Å². The third kappa shape index (κ3) is 30.7. The van der Waals surface area contributed by atoms with Crippen molar-refractivity contribution >= 4 is 41.1 Å². The molecule has 5 heterocycles. The van der Waals surface area contributed by atoms with Gasteiger partial charge in [-0.15, -0.1) is 0 Å². The van der Waals surface area contributed by atoms with Crippen molar-refractivity contribution in [1.29, 1.82) is 0 Å². The number of rotatable bonds is 38. The summed E-state index contributed by atoms with van der Waals surface area (Å²) in [4.78, 5) is 84.0. The topological polar surface area (TPSA) is 625 Å². The third-order valence-corrected chi connectivity index (χ3v) is 15.9. The summed E-state index contributed by atoms with van der Waals surface area (Å²) >= 11 is 0. The molecule has 0 aromatic rings. The molecule has 5 fully saturated rings. The second-order valence-corrected chi connectivity index (χ2v) is 24.1. The van der Waals surface area contributed by atoms with Gasteiger partial charge in [0, 0.05) is 51.9 Å². The fraction of sp³-hybridized carbons (Fsp3) is 0.883. The van der Waals surface area contributed by atoms with Crippen LogP contribution in [0.4, 0.5) is 0 Å². The van der Waals surface area contributed by atoms with E-state index >= 15 is 0 Å². The van der Waals surface area contributed by atoms with Gasteiger partial charge in [0.2, 0.25) is 29.5 Å². The van der Waals surface area contributed by atoms with E-state index < -0.39 is 223 Å². The molecule has 5 rings (SSSR count). The second kappa shape index (κ2) is 47.8. The van der Waals surface area contributed by atoms with Gasteiger partial charge >= 0.3 is 0 Å². The average molecular weight is 1460 g/mol. The fourth-order valence-corrected chi connectivity index (χ4v) is 10.3. The van der Waals surface area contributed by atoms with E-state index in [-0.39, 0.29) is 77.0 Å². The number of nitrogens with two attached hydrogens (primary N) is 1. The zero-order valence-corrected chi connectivity index (χ0v) is 56.1. The normalized spacial score (nSPS) is 34.2. The van der Waals surface area contributed by atoms with E-state index in [2.05, 4.69) is 26.6 Å². The lowest BCUT2D eigenvalue weighted by molar-refractivity contribution is -0.366. The number of nitrogens with zero attached hydrogens (tertiary/aromatic N) is 1. The molecule has 25 atom stereocenters. The molecule has 100 heavy (non-hydrogen) atoms. The van der Waals surface area contributed by atoms with Crippen molar-refractivity contribution in [3.8, 4) is 0 Å². The van der Waals surface area contributed by atoms with Crippen molar-refractivity contribution in [2.45, 2.75) is 240 Å². The first-order valence-corrected chi connectivity index (χ1v) is 32.7. The molecule has 0 spiro atoms. The van der Waals surface area contributed by atoms with Gasteiger partial charge < -0.3 is 161 Å². The Morgan fingerprint density at radius 2 is 0.870 bits per heavy atom. The summed E-state index contributed by atoms with van der Waals surface area (Å²) in [7, 11) is 1.75. The Bertz CT molecular complexity index is 2380. The van der Waals surface area contributed by atoms with Gasteiger partial charge in [0.05, 0.1) is 78.0 Å². The largest absolute Gasteiger partial charge is 0.394 e. The number of hydrogen-bond donors (Lipinski definition) is 22. The average Bonchev–Trinajstić information content (AvgIpc) is 0.785. The number of likely N-dealkylation sites (N-methyl/N-ethyl adjacent to an activating group) is 1. The van der Waals surface area contributed by atoms with Crippen LogP contribution in [0.15, 0.2) is 0 Å². The molecule has 0 saturated carbocycles. The number of aliphatic hydroxyl groups excluding tert-OH is 16. The summed E-state index contributed by atoms with van der Waals surface area (Å²) in [6.07, 6.45) is -35.7. The number of amides is 5. The van der Waals surface area contributed by atoms with Crippen LogP contribution in [0.1, 0.15) is 86.5 Å². The SMILES string of the molecule is C.CCNC(=O)CCCCCNC(=O)CN(CC(=O)NCCO[C@@H]1O[C@@H](C)[C@@H](O)[C@H](O)[C@@H]1O)CC(=O)NCCO[C@H]1O[C@H](CO[C@H]2O[C@H](CO)[C@@H](O)[C@H](O)[C@@H]2O)[C@@H](O)[C@H](O[C@H]2O[C@H](CO)[C@@H](O)[C@H](O)[C@@H]2O)[C@@H]1O.CNCC(C)=O.C[C@@H]1O[C@@H](OCCCC(=O)CCC(N)=O)[C@@H](O)[C@H](O)[C@@H]1O. The lowest BCUT2D eigenvalue weighted by atomic mass is 9.96. The van der Waals surface area contributed by atoms with Crippen LogP contribution >= 0.6 is 0 Å². The smallest absolute Gasteiger partial charge is 0.234 e. The summed E-state index contributed by atoms with van der Waals surface area (Å²) in [6.45, 7) is 3.01. The number of ether oxygens (including phenoxy) is 10. The number of unbranched alkanes of at least 4 members (excludes halogenated alkanes) is 2. The van der Waals surface area contributed by atoms with E-state index in [1.54, 1.807) is 20.9 Å². The molecular weight excluding hydrogens is 1350 g/mol. The fourth-order valence-electron chi connectivity index (χ4n) is 10.3. The Morgan fingerprint density at radius 3 is 1.32 bits per heavy atom. The Morgan fingerprint density at radius 1 is 0.440 bits per heavy atom. The first kappa shape index (κ1) is 91.7. The number of carbonyl (C=O) groups excluding carboxylic acids is 7. The molecular formula is C60H111N7O33. The van der Waals surface area contributed by atoms with Gasteiger partial charge in [-0.1, -0.05) is 13.8 Å². The van der Waals surface area contributed by atoms with E-state index in [0.29, 0.717) is 45.2 Å². The lowest BCUT2D eigenvalue weighted by Gasteiger charge is -2.46. The first-order chi connectivity index (χ1) is 46.8. The quantitative estimate of drug-likeness (QED) is 0.0255. The highest BCUT2D eigenvalue weighted by atomic mass is 16.8. The van der Waals surface area contributed by atoms with Crippen LogP contribution in [0, 0.1) is 0 Å². The predicted octanol–water partition coefficient (Wildman–Crippen LogP) is -11.5. The Balaban J connectivity index is 0.00000101. The minimum absolute atomic E-state index is 0. The molecule has 0 aromatic heterocycles. The summed E-state index contributed by atoms with van der Waals surface area (Å²) in [6, 6.07) is 0. The molecule has 23 N–H and O–H groups in total. The molecule has 0 aromatic carbocycles. The standard InChI is InChI=1S/C42H75N5O25.C13H23NO7.C4H9NO.CH4/c1-3-43-23(50)7-5-4-6-8-44-24(51)13-47(14-25(52)45-9-11-65-39-34(61)31(58)27(54)19(2)68-39)15-26(53)46-10-12-66-41-37(64)38(72-42-36(63)33(60)29(56)21(17-49)70-42)30(57)22(71-41)18-67-40-35(62)32(59)28(55)20(16-48)69-40;1-7-10(17)11(18)12(19)13(21-7)20-6-2-3-8(15)4-5-9(14)16;1-4(6)3-5-2;/h19-22,27-42,48-49,54-64H,3-18H2,1-2H3,(H,43,50)(H,44,51)(H,45,52)(H,46,53);7,10-13,17-19H,2-6H2,1H3,(H2,14,16);5H,3H2,1-2H3;1H4/t19-,20+,21+,22+,27+,28+,29+,30+,31-,32-,33-,34-,35-,36-,37-,38-,39+,40-,41-,42+;7-,10+,11+,12-,13+;;/m00../s1. The lowest BCUT2D eigenvalue weighted by Crippen LogP contribution is -2.65. The maximum atomic E-state index is 13.2. The van der Waals surface area contributed by atoms with E-state index in [0.717, 1.165) is 0 Å². The van der Waals surface area contributed by atoms with Crippen molar-refractivity contribution < 1.29 is 163 Å². The number of primary amides is 1. The number of Topliss-reactive ketones (excluding diaryl/α,β-unsaturated/α-hetero) is 2. The second-order valence-electron chi connectivity index (χ2n) is 24.1. The molecule has 5 aliphatic heterocycles. The molecule has 40 heteroatoms. The highest BCUT2D eigenvalue weighted by Gasteiger charge is 2.53. The molecule has 0 radical (unpaired) electrons. The Hall–Kier alpha value is -4.43. The minimum atomic E-state index is -1.97. The van der Waals surface area contributed by atoms with E-state index in [1.165, 1.54) is 11.8 Å². The summed E-state index contributed by atoms with van der Waals surface area (Å²) in [5, 5.41) is 176. The Labute approximate surface area is 578 Å². The Kier molecular flexibility index (Phi) is 43.8. The molecule has 40 nitrogen and oxygen atoms in total. The third-order valence-electron chi connectivity index (χ3n) is 15.9. The van der Waals surface area contributed by atoms with Gasteiger partial charge in [0.25, 0.3) is 0 Å². The van der Waals surface area contributed by atoms with E-state index in [1.807, 2.05) is 6.92 Å². The molecule has 0 bridgehead atoms. The van der Waals surface area contributed by atoms with E-state index in [9.17, 15) is 115 Å². The van der Waals surface area contributed by atoms with Crippen LogP contribution in [-0.4, -0.2) is 380 Å². The minimum Gasteiger partial charge on any atom is -0.394 e. The van der Waals surface area contributed by atoms with Crippen molar-refractivity contribution in [3.05, 3.63) is 0 Å². The number of aliphatic hydroxyl groups is 16. The first-order valence-electron chi connectivity index (χ1n) is 32.7. The zero-order valence-electron chi connectivity index (χ0n) is 56.1. The number of ketones is 2. The molecule has 584 valence electrons. The molecule has 5 amide bonds. The van der Waals surface area contributed by atoms with Crippen molar-refractivity contribution in [2.75, 3.05) is 99.0 Å². The van der Waals surface area contributed by atoms with Crippen LogP contribution < -0.4 is 32.3 Å². The van der Waals surface area contributed by atoms with Gasteiger partial charge in [-0.3, -0.25) is 38.5 Å². The highest BCUT2D eigenvalue weighted by molar-refractivity contribution is 5.85. The van der Waals surface area contributed by atoms with Crippen molar-refractivity contribution in [2.24, 2.45) is 5.73 Å². The molecule has 0 aliphatic carbocycles. The van der Waals surface area contributed by atoms with E-state index in [4.69, 9.17) is 53.1 Å². The molecule has 5 saturated heterocycles. The predicted molar refractivity (Wildman–Crippen MR) is 338 cm³/mol. The highest BCUT2D eigenvalue weighted by Crippen LogP contribution is 2.32. The van der Waals surface area contributed by atoms with Crippen LogP contribution in [-0.2, 0) is 80.9 Å². The van der Waals surface area contributed by atoms with Crippen LogP contribution in [0.5, 0.6) is 0 Å². The number of hydrogen-bond acceptors (Lipinski definition) is 35.